The highest BCUT2D eigenvalue weighted by Crippen LogP contribution is 2.45. The summed E-state index contributed by atoms with van der Waals surface area (Å²) in [6, 6.07) is 0. The van der Waals surface area contributed by atoms with Gasteiger partial charge in [0.1, 0.15) is 5.78 Å². The van der Waals surface area contributed by atoms with Crippen molar-refractivity contribution >= 4 is 5.78 Å². The first kappa shape index (κ1) is 12.7. The number of carbonyl (C=O) groups excluding carboxylic acids is 1. The first-order valence-electron chi connectivity index (χ1n) is 6.53. The van der Waals surface area contributed by atoms with E-state index in [1.807, 2.05) is 0 Å². The van der Waals surface area contributed by atoms with Crippen molar-refractivity contribution in [3.05, 3.63) is 0 Å². The Morgan fingerprint density at radius 1 is 1.40 bits per heavy atom. The van der Waals surface area contributed by atoms with Crippen LogP contribution in [0, 0.1) is 17.3 Å². The fourth-order valence-corrected chi connectivity index (χ4v) is 3.14. The highest BCUT2D eigenvalue weighted by Gasteiger charge is 2.39. The maximum Gasteiger partial charge on any atom is 0.133 e. The van der Waals surface area contributed by atoms with E-state index in [1.54, 1.807) is 0 Å². The van der Waals surface area contributed by atoms with Gasteiger partial charge in [0.2, 0.25) is 0 Å². The van der Waals surface area contributed by atoms with Gasteiger partial charge < -0.3 is 0 Å². The third-order valence-corrected chi connectivity index (χ3v) is 4.25. The Kier molecular flexibility index (Phi) is 4.36. The Labute approximate surface area is 94.6 Å². The first-order chi connectivity index (χ1) is 7.01. The van der Waals surface area contributed by atoms with E-state index in [0.29, 0.717) is 17.1 Å². The molecule has 1 rings (SSSR count). The molecule has 2 unspecified atom stereocenters. The molecule has 88 valence electrons. The Morgan fingerprint density at radius 2 is 2.07 bits per heavy atom. The van der Waals surface area contributed by atoms with Gasteiger partial charge in [-0.3, -0.25) is 4.79 Å². The molecule has 1 aliphatic carbocycles. The van der Waals surface area contributed by atoms with Gasteiger partial charge in [-0.15, -0.1) is 0 Å². The van der Waals surface area contributed by atoms with Crippen molar-refractivity contribution < 1.29 is 4.79 Å². The summed E-state index contributed by atoms with van der Waals surface area (Å²) in [6.45, 7) is 9.22. The lowest BCUT2D eigenvalue weighted by atomic mass is 9.62. The Hall–Kier alpha value is -0.330. The smallest absolute Gasteiger partial charge is 0.133 e. The third kappa shape index (κ3) is 3.06. The molecular weight excluding hydrogens is 184 g/mol. The molecular formula is C14H26O. The largest absolute Gasteiger partial charge is 0.300 e. The monoisotopic (exact) mass is 210 g/mol. The molecule has 0 spiro atoms. The van der Waals surface area contributed by atoms with E-state index in [9.17, 15) is 4.79 Å². The summed E-state index contributed by atoms with van der Waals surface area (Å²) in [5, 5.41) is 0. The van der Waals surface area contributed by atoms with Crippen LogP contribution >= 0.6 is 0 Å². The Bertz CT molecular complexity index is 217. The van der Waals surface area contributed by atoms with Crippen LogP contribution < -0.4 is 0 Å². The maximum absolute atomic E-state index is 11.6. The Balaban J connectivity index is 2.73. The number of hydrogen-bond acceptors (Lipinski definition) is 1. The van der Waals surface area contributed by atoms with Crippen molar-refractivity contribution in [3.8, 4) is 0 Å². The molecule has 0 aromatic heterocycles. The van der Waals surface area contributed by atoms with Crippen molar-refractivity contribution in [1.29, 1.82) is 0 Å². The van der Waals surface area contributed by atoms with Crippen LogP contribution in [0.2, 0.25) is 0 Å². The highest BCUT2D eigenvalue weighted by atomic mass is 16.1. The van der Waals surface area contributed by atoms with E-state index in [1.165, 1.54) is 19.3 Å². The number of rotatable bonds is 4. The second-order valence-electron chi connectivity index (χ2n) is 5.79. The molecule has 0 amide bonds. The van der Waals surface area contributed by atoms with Gasteiger partial charge in [-0.25, -0.2) is 0 Å². The molecule has 1 heteroatoms. The molecule has 0 bridgehead atoms. The molecule has 0 aromatic carbocycles. The van der Waals surface area contributed by atoms with Gasteiger partial charge in [-0.05, 0) is 23.7 Å². The van der Waals surface area contributed by atoms with Crippen molar-refractivity contribution in [2.75, 3.05) is 0 Å². The second-order valence-corrected chi connectivity index (χ2v) is 5.79. The van der Waals surface area contributed by atoms with Crippen LogP contribution in [0.4, 0.5) is 0 Å². The molecule has 0 aromatic rings. The zero-order chi connectivity index (χ0) is 11.5. The van der Waals surface area contributed by atoms with E-state index in [2.05, 4.69) is 27.7 Å². The molecule has 1 nitrogen and oxygen atoms in total. The fourth-order valence-electron chi connectivity index (χ4n) is 3.14. The van der Waals surface area contributed by atoms with E-state index in [-0.39, 0.29) is 0 Å². The molecule has 0 radical (unpaired) electrons. The molecule has 2 atom stereocenters. The molecule has 0 N–H and O–H groups in total. The minimum atomic E-state index is 0.379. The predicted molar refractivity (Wildman–Crippen MR) is 64.8 cm³/mol. The van der Waals surface area contributed by atoms with Gasteiger partial charge in [-0.2, -0.15) is 0 Å². The van der Waals surface area contributed by atoms with Gasteiger partial charge in [-0.1, -0.05) is 47.0 Å². The van der Waals surface area contributed by atoms with Crippen molar-refractivity contribution in [2.45, 2.75) is 66.2 Å². The lowest BCUT2D eigenvalue weighted by Crippen LogP contribution is -2.36. The number of carbonyl (C=O) groups is 1. The number of hydrogen-bond donors (Lipinski definition) is 0. The molecule has 15 heavy (non-hydrogen) atoms. The average molecular weight is 210 g/mol. The quantitative estimate of drug-likeness (QED) is 0.679. The van der Waals surface area contributed by atoms with Gasteiger partial charge in [0, 0.05) is 12.8 Å². The third-order valence-electron chi connectivity index (χ3n) is 4.25. The summed E-state index contributed by atoms with van der Waals surface area (Å²) in [4.78, 5) is 11.6. The van der Waals surface area contributed by atoms with Gasteiger partial charge in [0.25, 0.3) is 0 Å². The molecule has 0 saturated heterocycles. The van der Waals surface area contributed by atoms with Gasteiger partial charge in [0.15, 0.2) is 0 Å². The number of Topliss-reactive ketones (excluding diaryl/α,β-unsaturated/α-hetero) is 1. The van der Waals surface area contributed by atoms with Crippen LogP contribution in [0.1, 0.15) is 66.2 Å². The topological polar surface area (TPSA) is 17.1 Å². The van der Waals surface area contributed by atoms with Crippen LogP contribution in [-0.4, -0.2) is 5.78 Å². The lowest BCUT2D eigenvalue weighted by molar-refractivity contribution is -0.125. The summed E-state index contributed by atoms with van der Waals surface area (Å²) < 4.78 is 0. The maximum atomic E-state index is 11.6. The van der Waals surface area contributed by atoms with Crippen LogP contribution in [0.25, 0.3) is 0 Å². The second kappa shape index (κ2) is 5.14. The minimum absolute atomic E-state index is 0.379. The molecule has 0 heterocycles. The van der Waals surface area contributed by atoms with Crippen LogP contribution in [-0.2, 0) is 4.79 Å². The van der Waals surface area contributed by atoms with Crippen LogP contribution in [0.5, 0.6) is 0 Å². The highest BCUT2D eigenvalue weighted by molar-refractivity contribution is 5.79. The standard InChI is InChI=1S/C14H26O/c1-5-7-11(6-2)13-10-12(15)8-9-14(13,3)4/h11,13H,5-10H2,1-4H3. The summed E-state index contributed by atoms with van der Waals surface area (Å²) in [5.74, 6) is 1.88. The molecule has 0 aliphatic heterocycles. The normalized spacial score (nSPS) is 27.7. The van der Waals surface area contributed by atoms with E-state index in [0.717, 1.165) is 25.2 Å². The SMILES string of the molecule is CCCC(CC)C1CC(=O)CCC1(C)C. The molecule has 1 fully saturated rings. The van der Waals surface area contributed by atoms with E-state index < -0.39 is 0 Å². The summed E-state index contributed by atoms with van der Waals surface area (Å²) in [7, 11) is 0. The Morgan fingerprint density at radius 3 is 2.60 bits per heavy atom. The number of ketones is 1. The van der Waals surface area contributed by atoms with Crippen LogP contribution in [0.15, 0.2) is 0 Å². The predicted octanol–water partition coefficient (Wildman–Crippen LogP) is 4.21. The zero-order valence-electron chi connectivity index (χ0n) is 10.8. The summed E-state index contributed by atoms with van der Waals surface area (Å²) in [6.07, 6.45) is 6.51. The van der Waals surface area contributed by atoms with Crippen LogP contribution in [0.3, 0.4) is 0 Å². The average Bonchev–Trinajstić information content (AvgIpc) is 2.19. The zero-order valence-corrected chi connectivity index (χ0v) is 10.8. The van der Waals surface area contributed by atoms with Crippen molar-refractivity contribution in [1.82, 2.24) is 0 Å². The first-order valence-corrected chi connectivity index (χ1v) is 6.53. The summed E-state index contributed by atoms with van der Waals surface area (Å²) in [5.41, 5.74) is 0.379. The minimum Gasteiger partial charge on any atom is -0.300 e. The summed E-state index contributed by atoms with van der Waals surface area (Å²) >= 11 is 0. The fraction of sp³-hybridized carbons (Fsp3) is 0.929. The van der Waals surface area contributed by atoms with E-state index in [4.69, 9.17) is 0 Å². The lowest BCUT2D eigenvalue weighted by Gasteiger charge is -2.42. The van der Waals surface area contributed by atoms with Crippen molar-refractivity contribution in [3.63, 3.8) is 0 Å². The van der Waals surface area contributed by atoms with Crippen molar-refractivity contribution in [2.24, 2.45) is 17.3 Å². The van der Waals surface area contributed by atoms with Gasteiger partial charge in [0.05, 0.1) is 0 Å². The molecule has 1 aliphatic rings. The van der Waals surface area contributed by atoms with E-state index >= 15 is 0 Å². The molecule has 1 saturated carbocycles. The van der Waals surface area contributed by atoms with Gasteiger partial charge >= 0.3 is 0 Å².